The Bertz CT molecular complexity index is 2190. The SMILES string of the molecule is CC(C)(C)C(=O)OCc1ccc(NC(=O)[C@H](CCCNC(N)=O)CC(=O)[C@@H](Cc2ccccc2)NC(=O)CCC(=O)N(CCN2C(=O)CC(C(C)(C)C)C2=O)CCN2C(=O)CC(C(C)(C)C)C2=O)cc1. The van der Waals surface area contributed by atoms with E-state index in [1.54, 1.807) is 75.4 Å². The molecule has 70 heavy (non-hydrogen) atoms. The quantitative estimate of drug-likeness (QED) is 0.0661. The Labute approximate surface area is 411 Å². The third kappa shape index (κ3) is 16.6. The van der Waals surface area contributed by atoms with E-state index in [0.717, 1.165) is 15.4 Å². The zero-order valence-electron chi connectivity index (χ0n) is 42.3. The Morgan fingerprint density at radius 3 is 1.77 bits per heavy atom. The number of likely N-dealkylation sites (tertiary alicyclic amines) is 2. The van der Waals surface area contributed by atoms with Crippen LogP contribution in [0, 0.1) is 34.0 Å². The summed E-state index contributed by atoms with van der Waals surface area (Å²) in [7, 11) is 0. The summed E-state index contributed by atoms with van der Waals surface area (Å²) in [6, 6.07) is 13.8. The summed E-state index contributed by atoms with van der Waals surface area (Å²) < 4.78 is 5.39. The average molecular weight is 972 g/mol. The third-order valence-corrected chi connectivity index (χ3v) is 12.7. The van der Waals surface area contributed by atoms with Crippen LogP contribution >= 0.6 is 0 Å². The van der Waals surface area contributed by atoms with Gasteiger partial charge in [-0.1, -0.05) is 84.0 Å². The van der Waals surface area contributed by atoms with Crippen LogP contribution in [-0.4, -0.2) is 113 Å². The highest BCUT2D eigenvalue weighted by molar-refractivity contribution is 6.05. The van der Waals surface area contributed by atoms with Gasteiger partial charge in [-0.05, 0) is 74.1 Å². The zero-order valence-corrected chi connectivity index (χ0v) is 42.3. The lowest BCUT2D eigenvalue weighted by Crippen LogP contribution is -2.46. The third-order valence-electron chi connectivity index (χ3n) is 12.7. The summed E-state index contributed by atoms with van der Waals surface area (Å²) in [5, 5.41) is 8.13. The van der Waals surface area contributed by atoms with Gasteiger partial charge in [0.2, 0.25) is 41.4 Å². The van der Waals surface area contributed by atoms with Gasteiger partial charge in [0.25, 0.3) is 0 Å². The van der Waals surface area contributed by atoms with Crippen LogP contribution in [0.3, 0.4) is 0 Å². The molecule has 2 aliphatic heterocycles. The van der Waals surface area contributed by atoms with Gasteiger partial charge in [-0.3, -0.25) is 53.0 Å². The number of ketones is 1. The number of nitrogens with one attached hydrogen (secondary N) is 3. The molecule has 2 aromatic rings. The lowest BCUT2D eigenvalue weighted by Gasteiger charge is -2.29. The van der Waals surface area contributed by atoms with Crippen LogP contribution in [-0.2, 0) is 60.9 Å². The summed E-state index contributed by atoms with van der Waals surface area (Å²) in [6.07, 6.45) is -0.366. The van der Waals surface area contributed by atoms with Crippen molar-refractivity contribution in [3.8, 4) is 0 Å². The number of ether oxygens (including phenoxy) is 1. The lowest BCUT2D eigenvalue weighted by molar-refractivity contribution is -0.154. The summed E-state index contributed by atoms with van der Waals surface area (Å²) in [4.78, 5) is 136. The topological polar surface area (TPSA) is 252 Å². The van der Waals surface area contributed by atoms with Crippen LogP contribution in [0.25, 0.3) is 0 Å². The molecule has 2 unspecified atom stereocenters. The van der Waals surface area contributed by atoms with Crippen LogP contribution < -0.4 is 21.7 Å². The van der Waals surface area contributed by atoms with Crippen molar-refractivity contribution >= 4 is 64.8 Å². The number of anilines is 1. The highest BCUT2D eigenvalue weighted by Crippen LogP contribution is 2.36. The molecule has 0 bridgehead atoms. The first-order valence-electron chi connectivity index (χ1n) is 24.1. The molecule has 9 amide bonds. The second kappa shape index (κ2) is 24.4. The fourth-order valence-corrected chi connectivity index (χ4v) is 8.30. The maximum absolute atomic E-state index is 14.3. The molecule has 0 aliphatic carbocycles. The zero-order chi connectivity index (χ0) is 52.1. The smallest absolute Gasteiger partial charge is 0.312 e. The number of urea groups is 1. The van der Waals surface area contributed by atoms with Gasteiger partial charge in [0.05, 0.1) is 23.3 Å². The monoisotopic (exact) mass is 972 g/mol. The number of carbonyl (C=O) groups excluding carboxylic acids is 10. The maximum atomic E-state index is 14.3. The van der Waals surface area contributed by atoms with Crippen molar-refractivity contribution in [1.82, 2.24) is 25.3 Å². The number of hydrogen-bond donors (Lipinski definition) is 4. The number of benzene rings is 2. The lowest BCUT2D eigenvalue weighted by atomic mass is 9.80. The predicted molar refractivity (Wildman–Crippen MR) is 261 cm³/mol. The highest BCUT2D eigenvalue weighted by atomic mass is 16.5. The molecule has 382 valence electrons. The fraction of sp³-hybridized carbons (Fsp3) is 0.577. The van der Waals surface area contributed by atoms with Crippen molar-refractivity contribution in [1.29, 1.82) is 0 Å². The molecule has 18 nitrogen and oxygen atoms in total. The van der Waals surface area contributed by atoms with Gasteiger partial charge in [0.1, 0.15) is 6.61 Å². The Morgan fingerprint density at radius 1 is 0.743 bits per heavy atom. The number of carbonyl (C=O) groups is 10. The van der Waals surface area contributed by atoms with Gasteiger partial charge < -0.3 is 31.3 Å². The number of Topliss-reactive ketones (excluding diaryl/α,β-unsaturated/α-hetero) is 1. The van der Waals surface area contributed by atoms with Gasteiger partial charge in [-0.25, -0.2) is 4.79 Å². The van der Waals surface area contributed by atoms with Crippen LogP contribution in [0.2, 0.25) is 0 Å². The number of nitrogens with zero attached hydrogens (tertiary/aromatic N) is 3. The summed E-state index contributed by atoms with van der Waals surface area (Å²) in [5.74, 6) is -5.83. The van der Waals surface area contributed by atoms with E-state index in [-0.39, 0.29) is 114 Å². The van der Waals surface area contributed by atoms with E-state index in [2.05, 4.69) is 16.0 Å². The Kier molecular flexibility index (Phi) is 19.6. The first-order chi connectivity index (χ1) is 32.6. The minimum Gasteiger partial charge on any atom is -0.460 e. The molecule has 2 saturated heterocycles. The van der Waals surface area contributed by atoms with Crippen LogP contribution in [0.5, 0.6) is 0 Å². The van der Waals surface area contributed by atoms with Gasteiger partial charge in [0.15, 0.2) is 5.78 Å². The first-order valence-corrected chi connectivity index (χ1v) is 24.1. The number of rotatable bonds is 23. The number of esters is 1. The van der Waals surface area contributed by atoms with E-state index in [1.807, 2.05) is 41.5 Å². The van der Waals surface area contributed by atoms with Gasteiger partial charge >= 0.3 is 12.0 Å². The van der Waals surface area contributed by atoms with Crippen LogP contribution in [0.4, 0.5) is 10.5 Å². The second-order valence-corrected chi connectivity index (χ2v) is 21.5. The van der Waals surface area contributed by atoms with Crippen molar-refractivity contribution in [2.75, 3.05) is 38.0 Å². The van der Waals surface area contributed by atoms with Crippen molar-refractivity contribution in [3.05, 3.63) is 65.7 Å². The molecule has 0 saturated carbocycles. The average Bonchev–Trinajstić information content (AvgIpc) is 3.74. The molecule has 2 aliphatic rings. The van der Waals surface area contributed by atoms with Gasteiger partial charge in [-0.15, -0.1) is 0 Å². The number of primary amides is 1. The largest absolute Gasteiger partial charge is 0.460 e. The fourth-order valence-electron chi connectivity index (χ4n) is 8.30. The molecular weight excluding hydrogens is 899 g/mol. The van der Waals surface area contributed by atoms with Crippen molar-refractivity contribution in [2.45, 2.75) is 126 Å². The predicted octanol–water partition coefficient (Wildman–Crippen LogP) is 4.92. The molecule has 18 heteroatoms. The molecule has 2 fully saturated rings. The molecule has 0 aromatic heterocycles. The van der Waals surface area contributed by atoms with E-state index in [9.17, 15) is 47.9 Å². The molecule has 0 spiro atoms. The maximum Gasteiger partial charge on any atom is 0.312 e. The first kappa shape index (κ1) is 56.1. The highest BCUT2D eigenvalue weighted by Gasteiger charge is 2.46. The minimum absolute atomic E-state index is 0.0369. The standard InChI is InChI=1S/C52H73N7O11/c1-50(2,3)37-30-43(63)58(46(37)66)26-24-57(25-27-59-44(64)31-38(47(59)67)51(4,5)6)42(62)22-21-41(61)56-39(28-33-14-11-10-12-15-33)40(60)29-35(16-13-23-54-49(53)69)45(65)55-36-19-17-34(18-20-36)32-70-48(68)52(7,8)9/h10-12,14-15,17-20,35,37-39H,13,16,21-32H2,1-9H3,(H,55,65)(H,56,61)(H3,53,54,69)/t35-,37?,38?,39-/m1/s1. The van der Waals surface area contributed by atoms with Crippen LogP contribution in [0.15, 0.2) is 54.6 Å². The molecule has 0 radical (unpaired) electrons. The molecule has 5 N–H and O–H groups in total. The van der Waals surface area contributed by atoms with Crippen molar-refractivity contribution < 1.29 is 52.7 Å². The number of amides is 9. The number of hydrogen-bond acceptors (Lipinski definition) is 11. The Hall–Kier alpha value is -6.46. The minimum atomic E-state index is -1.11. The van der Waals surface area contributed by atoms with E-state index in [0.29, 0.717) is 17.7 Å². The Morgan fingerprint density at radius 2 is 1.29 bits per heavy atom. The van der Waals surface area contributed by atoms with Crippen molar-refractivity contribution in [3.63, 3.8) is 0 Å². The van der Waals surface area contributed by atoms with E-state index >= 15 is 0 Å². The number of imide groups is 2. The summed E-state index contributed by atoms with van der Waals surface area (Å²) >= 11 is 0. The molecule has 4 rings (SSSR count). The normalized spacial score (nSPS) is 17.3. The second-order valence-electron chi connectivity index (χ2n) is 21.5. The molecule has 2 aromatic carbocycles. The number of nitrogens with two attached hydrogens (primary N) is 1. The van der Waals surface area contributed by atoms with Gasteiger partial charge in [-0.2, -0.15) is 0 Å². The molecular formula is C52H73N7O11. The van der Waals surface area contributed by atoms with E-state index in [4.69, 9.17) is 10.5 Å². The summed E-state index contributed by atoms with van der Waals surface area (Å²) in [6.45, 7) is 16.3. The van der Waals surface area contributed by atoms with Crippen molar-refractivity contribution in [2.24, 2.45) is 39.7 Å². The molecule has 4 atom stereocenters. The van der Waals surface area contributed by atoms with E-state index < -0.39 is 69.6 Å². The summed E-state index contributed by atoms with van der Waals surface area (Å²) in [5.41, 5.74) is 5.49. The van der Waals surface area contributed by atoms with E-state index in [1.165, 1.54) is 4.90 Å². The van der Waals surface area contributed by atoms with Crippen LogP contribution in [0.1, 0.15) is 118 Å². The molecule has 2 heterocycles. The van der Waals surface area contributed by atoms with Gasteiger partial charge in [0, 0.05) is 76.4 Å². The Balaban J connectivity index is 1.48.